The molecule has 0 radical (unpaired) electrons. The Morgan fingerprint density at radius 2 is 1.68 bits per heavy atom. The molecule has 0 saturated carbocycles. The number of phenolic OH excluding ortho intramolecular Hbond substituents is 1. The van der Waals surface area contributed by atoms with Crippen molar-refractivity contribution in [2.75, 3.05) is 0 Å². The number of imidazole rings is 1. The van der Waals surface area contributed by atoms with E-state index in [0.29, 0.717) is 21.6 Å². The maximum Gasteiger partial charge on any atom is 0.356 e. The van der Waals surface area contributed by atoms with Gasteiger partial charge in [0.2, 0.25) is 0 Å². The fourth-order valence-corrected chi connectivity index (χ4v) is 3.89. The second-order valence-corrected chi connectivity index (χ2v) is 8.11. The van der Waals surface area contributed by atoms with Crippen LogP contribution in [0.1, 0.15) is 21.6 Å². The fraction of sp³-hybridized carbons (Fsp3) is 0.0833. The molecule has 0 atom stereocenters. The molecule has 0 saturated heterocycles. The number of phenols is 1. The van der Waals surface area contributed by atoms with E-state index >= 15 is 0 Å². The zero-order valence-corrected chi connectivity index (χ0v) is 18.2. The van der Waals surface area contributed by atoms with Crippen LogP contribution in [0.25, 0.3) is 28.3 Å². The van der Waals surface area contributed by atoms with E-state index in [9.17, 15) is 15.0 Å². The molecule has 0 aliphatic carbocycles. The number of hydrogen-bond acceptors (Lipinski definition) is 3. The van der Waals surface area contributed by atoms with Crippen molar-refractivity contribution in [1.82, 2.24) is 9.55 Å². The van der Waals surface area contributed by atoms with Crippen molar-refractivity contribution in [2.45, 2.75) is 13.8 Å². The Morgan fingerprint density at radius 1 is 0.968 bits per heavy atom. The van der Waals surface area contributed by atoms with E-state index in [1.54, 1.807) is 16.7 Å². The maximum atomic E-state index is 12.2. The monoisotopic (exact) mass is 452 g/mol. The van der Waals surface area contributed by atoms with Crippen molar-refractivity contribution in [2.24, 2.45) is 0 Å². The standard InChI is InChI=1S/C24H18Cl2N2O3/c1-13-4-3-5-15(10-13)23-27-21(24(30)31)22(18-11-16(25)8-9-20(18)29)28(23)19-12-17(26)7-6-14(19)2/h3-12,29H,1-2H3,(H,30,31). The molecule has 5 nitrogen and oxygen atoms in total. The molecule has 1 aromatic heterocycles. The summed E-state index contributed by atoms with van der Waals surface area (Å²) in [5.41, 5.74) is 3.51. The van der Waals surface area contributed by atoms with E-state index < -0.39 is 5.97 Å². The Labute approximate surface area is 189 Å². The minimum absolute atomic E-state index is 0.108. The number of halogens is 2. The maximum absolute atomic E-state index is 12.2. The first-order chi connectivity index (χ1) is 14.8. The molecule has 0 aliphatic rings. The molecule has 1 heterocycles. The molecule has 0 fully saturated rings. The van der Waals surface area contributed by atoms with Crippen molar-refractivity contribution in [3.05, 3.63) is 87.5 Å². The molecule has 2 N–H and O–H groups in total. The first-order valence-electron chi connectivity index (χ1n) is 9.44. The zero-order chi connectivity index (χ0) is 22.3. The Balaban J connectivity index is 2.19. The molecule has 0 amide bonds. The van der Waals surface area contributed by atoms with Gasteiger partial charge in [-0.3, -0.25) is 4.57 Å². The normalized spacial score (nSPS) is 11.0. The first-order valence-corrected chi connectivity index (χ1v) is 10.2. The van der Waals surface area contributed by atoms with E-state index in [-0.39, 0.29) is 22.7 Å². The highest BCUT2D eigenvalue weighted by Gasteiger charge is 2.27. The second kappa shape index (κ2) is 8.10. The zero-order valence-electron chi connectivity index (χ0n) is 16.7. The Hall–Kier alpha value is -3.28. The third-order valence-electron chi connectivity index (χ3n) is 4.98. The van der Waals surface area contributed by atoms with Crippen LogP contribution in [0.2, 0.25) is 10.0 Å². The summed E-state index contributed by atoms with van der Waals surface area (Å²) in [6.45, 7) is 3.84. The van der Waals surface area contributed by atoms with Crippen molar-refractivity contribution < 1.29 is 15.0 Å². The summed E-state index contributed by atoms with van der Waals surface area (Å²) in [6, 6.07) is 17.5. The van der Waals surface area contributed by atoms with Crippen LogP contribution in [0.4, 0.5) is 0 Å². The molecule has 4 aromatic rings. The minimum atomic E-state index is -1.22. The van der Waals surface area contributed by atoms with E-state index in [1.165, 1.54) is 18.2 Å². The van der Waals surface area contributed by atoms with Gasteiger partial charge >= 0.3 is 5.97 Å². The lowest BCUT2D eigenvalue weighted by atomic mass is 10.1. The number of carboxylic acid groups (broad SMARTS) is 1. The lowest BCUT2D eigenvalue weighted by molar-refractivity contribution is 0.0692. The number of carbonyl (C=O) groups is 1. The highest BCUT2D eigenvalue weighted by molar-refractivity contribution is 6.31. The second-order valence-electron chi connectivity index (χ2n) is 7.23. The molecule has 0 bridgehead atoms. The Morgan fingerprint density at radius 3 is 2.39 bits per heavy atom. The number of aromatic nitrogens is 2. The predicted octanol–water partition coefficient (Wildman–Crippen LogP) is 6.53. The molecule has 156 valence electrons. The molecule has 0 aliphatic heterocycles. The number of carboxylic acids is 1. The van der Waals surface area contributed by atoms with Crippen LogP contribution < -0.4 is 0 Å². The summed E-state index contributed by atoms with van der Waals surface area (Å²) in [5.74, 6) is -0.911. The summed E-state index contributed by atoms with van der Waals surface area (Å²) in [5, 5.41) is 21.4. The minimum Gasteiger partial charge on any atom is -0.507 e. The summed E-state index contributed by atoms with van der Waals surface area (Å²) in [6.07, 6.45) is 0. The van der Waals surface area contributed by atoms with Gasteiger partial charge in [-0.2, -0.15) is 0 Å². The number of aromatic hydroxyl groups is 1. The summed E-state index contributed by atoms with van der Waals surface area (Å²) >= 11 is 12.5. The highest BCUT2D eigenvalue weighted by atomic mass is 35.5. The number of nitrogens with zero attached hydrogens (tertiary/aromatic N) is 2. The quantitative estimate of drug-likeness (QED) is 0.368. The first kappa shape index (κ1) is 21.0. The molecule has 4 rings (SSSR count). The number of aromatic carboxylic acids is 1. The van der Waals surface area contributed by atoms with Gasteiger partial charge in [0.1, 0.15) is 11.6 Å². The Bertz CT molecular complexity index is 1330. The van der Waals surface area contributed by atoms with Gasteiger partial charge < -0.3 is 10.2 Å². The van der Waals surface area contributed by atoms with Crippen LogP contribution in [0.15, 0.2) is 60.7 Å². The molecular formula is C24H18Cl2N2O3. The van der Waals surface area contributed by atoms with Crippen molar-refractivity contribution in [3.63, 3.8) is 0 Å². The van der Waals surface area contributed by atoms with Gasteiger partial charge in [0.15, 0.2) is 5.69 Å². The topological polar surface area (TPSA) is 75.3 Å². The molecule has 31 heavy (non-hydrogen) atoms. The van der Waals surface area contributed by atoms with Gasteiger partial charge in [0, 0.05) is 21.2 Å². The van der Waals surface area contributed by atoms with Gasteiger partial charge in [-0.15, -0.1) is 0 Å². The summed E-state index contributed by atoms with van der Waals surface area (Å²) < 4.78 is 1.71. The van der Waals surface area contributed by atoms with Crippen molar-refractivity contribution >= 4 is 29.2 Å². The summed E-state index contributed by atoms with van der Waals surface area (Å²) in [4.78, 5) is 16.7. The van der Waals surface area contributed by atoms with Crippen molar-refractivity contribution in [1.29, 1.82) is 0 Å². The van der Waals surface area contributed by atoms with Gasteiger partial charge in [-0.25, -0.2) is 9.78 Å². The fourth-order valence-electron chi connectivity index (χ4n) is 3.55. The predicted molar refractivity (Wildman–Crippen MR) is 123 cm³/mol. The molecule has 3 aromatic carbocycles. The third kappa shape index (κ3) is 3.90. The number of rotatable bonds is 4. The van der Waals surface area contributed by atoms with Gasteiger partial charge in [0.05, 0.1) is 11.4 Å². The van der Waals surface area contributed by atoms with Crippen LogP contribution >= 0.6 is 23.2 Å². The van der Waals surface area contributed by atoms with E-state index in [1.807, 2.05) is 44.2 Å². The van der Waals surface area contributed by atoms with Crippen molar-refractivity contribution in [3.8, 4) is 34.1 Å². The van der Waals surface area contributed by atoms with Gasteiger partial charge in [-0.05, 0) is 55.8 Å². The smallest absolute Gasteiger partial charge is 0.356 e. The van der Waals surface area contributed by atoms with E-state index in [2.05, 4.69) is 4.98 Å². The molecule has 0 unspecified atom stereocenters. The van der Waals surface area contributed by atoms with Gasteiger partial charge in [0.25, 0.3) is 0 Å². The van der Waals surface area contributed by atoms with Crippen LogP contribution in [-0.2, 0) is 0 Å². The van der Waals surface area contributed by atoms with E-state index in [0.717, 1.165) is 16.7 Å². The third-order valence-corrected chi connectivity index (χ3v) is 5.45. The highest BCUT2D eigenvalue weighted by Crippen LogP contribution is 2.40. The molecular weight excluding hydrogens is 435 g/mol. The average Bonchev–Trinajstić information content (AvgIpc) is 3.12. The average molecular weight is 453 g/mol. The van der Waals surface area contributed by atoms with Gasteiger partial charge in [-0.1, -0.05) is 53.0 Å². The lowest BCUT2D eigenvalue weighted by Gasteiger charge is -2.16. The Kier molecular flexibility index (Phi) is 5.48. The van der Waals surface area contributed by atoms with Crippen LogP contribution in [0, 0.1) is 13.8 Å². The lowest BCUT2D eigenvalue weighted by Crippen LogP contribution is -2.05. The van der Waals surface area contributed by atoms with E-state index in [4.69, 9.17) is 23.2 Å². The number of hydrogen-bond donors (Lipinski definition) is 2. The summed E-state index contributed by atoms with van der Waals surface area (Å²) in [7, 11) is 0. The SMILES string of the molecule is Cc1cccc(-c2nc(C(=O)O)c(-c3cc(Cl)ccc3O)n2-c2cc(Cl)ccc2C)c1. The number of aryl methyl sites for hydroxylation is 2. The largest absolute Gasteiger partial charge is 0.507 e. The van der Waals surface area contributed by atoms with Crippen LogP contribution in [0.3, 0.4) is 0 Å². The van der Waals surface area contributed by atoms with Crippen LogP contribution in [-0.4, -0.2) is 25.7 Å². The van der Waals surface area contributed by atoms with Crippen LogP contribution in [0.5, 0.6) is 5.75 Å². The molecule has 0 spiro atoms. The number of benzene rings is 3. The molecule has 7 heteroatoms.